The Morgan fingerprint density at radius 1 is 1.07 bits per heavy atom. The molecule has 6 nitrogen and oxygen atoms in total. The molecule has 0 saturated carbocycles. The topological polar surface area (TPSA) is 98.0 Å². The van der Waals surface area contributed by atoms with Crippen molar-refractivity contribution < 1.29 is 9.59 Å². The molecule has 29 heavy (non-hydrogen) atoms. The minimum Gasteiger partial charge on any atom is -0.366 e. The van der Waals surface area contributed by atoms with Crippen LogP contribution in [-0.2, 0) is 4.79 Å². The number of primary amides is 1. The van der Waals surface area contributed by atoms with E-state index in [1.165, 1.54) is 11.8 Å². The zero-order valence-electron chi connectivity index (χ0n) is 16.7. The van der Waals surface area contributed by atoms with Gasteiger partial charge in [0.25, 0.3) is 5.91 Å². The first-order valence-corrected chi connectivity index (χ1v) is 10.9. The number of nitrogens with two attached hydrogens (primary N) is 1. The summed E-state index contributed by atoms with van der Waals surface area (Å²) < 4.78 is 0. The van der Waals surface area contributed by atoms with Crippen molar-refractivity contribution in [3.8, 4) is 11.3 Å². The van der Waals surface area contributed by atoms with Crippen molar-refractivity contribution in [1.82, 2.24) is 9.97 Å². The van der Waals surface area contributed by atoms with Crippen molar-refractivity contribution in [3.05, 3.63) is 57.0 Å². The predicted octanol–water partition coefficient (Wildman–Crippen LogP) is 4.27. The zero-order chi connectivity index (χ0) is 21.1. The standard InChI is InChI=1S/C21H22N4O2S2/c1-11-12(2)19(20(22)27)21(23-13(11)3)29-10-18(26)25-16-7-5-15(6-8-16)17-9-28-14(4)24-17/h5-9H,10H2,1-4H3,(H2,22,27)(H,25,26). The second kappa shape index (κ2) is 8.75. The number of thiazole rings is 1. The number of carbonyl (C=O) groups excluding carboxylic acids is 2. The van der Waals surface area contributed by atoms with Crippen molar-refractivity contribution in [1.29, 1.82) is 0 Å². The highest BCUT2D eigenvalue weighted by atomic mass is 32.2. The maximum absolute atomic E-state index is 12.4. The lowest BCUT2D eigenvalue weighted by atomic mass is 10.0. The summed E-state index contributed by atoms with van der Waals surface area (Å²) in [6, 6.07) is 7.55. The van der Waals surface area contributed by atoms with Crippen LogP contribution in [0.2, 0.25) is 0 Å². The Morgan fingerprint density at radius 2 is 1.76 bits per heavy atom. The lowest BCUT2D eigenvalue weighted by molar-refractivity contribution is -0.113. The van der Waals surface area contributed by atoms with Crippen LogP contribution in [0.25, 0.3) is 11.3 Å². The summed E-state index contributed by atoms with van der Waals surface area (Å²) in [6.45, 7) is 7.60. The molecule has 2 amide bonds. The Hall–Kier alpha value is -2.71. The molecule has 0 fully saturated rings. The first-order valence-electron chi connectivity index (χ1n) is 8.99. The van der Waals surface area contributed by atoms with Gasteiger partial charge in [0.2, 0.25) is 5.91 Å². The fourth-order valence-electron chi connectivity index (χ4n) is 2.86. The third-order valence-corrected chi connectivity index (χ3v) is 6.38. The molecule has 0 aliphatic heterocycles. The van der Waals surface area contributed by atoms with Gasteiger partial charge in [-0.3, -0.25) is 9.59 Å². The highest BCUT2D eigenvalue weighted by Crippen LogP contribution is 2.27. The molecule has 3 N–H and O–H groups in total. The molecular weight excluding hydrogens is 404 g/mol. The number of amides is 2. The second-order valence-corrected chi connectivity index (χ2v) is 8.68. The number of carbonyl (C=O) groups is 2. The quantitative estimate of drug-likeness (QED) is 0.574. The van der Waals surface area contributed by atoms with E-state index in [2.05, 4.69) is 15.3 Å². The molecule has 0 bridgehead atoms. The molecule has 1 aromatic carbocycles. The van der Waals surface area contributed by atoms with Crippen LogP contribution in [0.3, 0.4) is 0 Å². The molecule has 0 aliphatic rings. The van der Waals surface area contributed by atoms with E-state index in [9.17, 15) is 9.59 Å². The van der Waals surface area contributed by atoms with Crippen molar-refractivity contribution in [3.63, 3.8) is 0 Å². The van der Waals surface area contributed by atoms with Crippen molar-refractivity contribution in [2.45, 2.75) is 32.7 Å². The van der Waals surface area contributed by atoms with Gasteiger partial charge in [0.15, 0.2) is 0 Å². The summed E-state index contributed by atoms with van der Waals surface area (Å²) in [5, 5.41) is 6.37. The van der Waals surface area contributed by atoms with Gasteiger partial charge in [0.1, 0.15) is 5.03 Å². The molecule has 3 rings (SSSR count). The zero-order valence-corrected chi connectivity index (χ0v) is 18.3. The average Bonchev–Trinajstić information content (AvgIpc) is 3.11. The number of thioether (sulfide) groups is 1. The maximum atomic E-state index is 12.4. The molecule has 0 atom stereocenters. The number of nitrogens with one attached hydrogen (secondary N) is 1. The average molecular weight is 427 g/mol. The number of rotatable bonds is 6. The highest BCUT2D eigenvalue weighted by molar-refractivity contribution is 8.00. The summed E-state index contributed by atoms with van der Waals surface area (Å²) >= 11 is 2.81. The third kappa shape index (κ3) is 4.83. The smallest absolute Gasteiger partial charge is 0.251 e. The van der Waals surface area contributed by atoms with Gasteiger partial charge < -0.3 is 11.1 Å². The number of aromatic nitrogens is 2. The van der Waals surface area contributed by atoms with Gasteiger partial charge in [0, 0.05) is 22.3 Å². The number of benzene rings is 1. The van der Waals surface area contributed by atoms with Gasteiger partial charge in [-0.25, -0.2) is 9.97 Å². The van der Waals surface area contributed by atoms with Crippen LogP contribution in [-0.4, -0.2) is 27.5 Å². The summed E-state index contributed by atoms with van der Waals surface area (Å²) in [4.78, 5) is 33.1. The molecule has 8 heteroatoms. The van der Waals surface area contributed by atoms with Gasteiger partial charge in [0.05, 0.1) is 22.0 Å². The summed E-state index contributed by atoms with van der Waals surface area (Å²) in [6.07, 6.45) is 0. The summed E-state index contributed by atoms with van der Waals surface area (Å²) in [5.74, 6) is -0.586. The van der Waals surface area contributed by atoms with Crippen molar-refractivity contribution >= 4 is 40.6 Å². The molecule has 3 aromatic rings. The van der Waals surface area contributed by atoms with E-state index >= 15 is 0 Å². The van der Waals surface area contributed by atoms with Gasteiger partial charge >= 0.3 is 0 Å². The SMILES string of the molecule is Cc1nc(-c2ccc(NC(=O)CSc3nc(C)c(C)c(C)c3C(N)=O)cc2)cs1. The van der Waals surface area contributed by atoms with Crippen LogP contribution >= 0.6 is 23.1 Å². The van der Waals surface area contributed by atoms with Crippen LogP contribution in [0.5, 0.6) is 0 Å². The lowest BCUT2D eigenvalue weighted by Gasteiger charge is -2.13. The monoisotopic (exact) mass is 426 g/mol. The van der Waals surface area contributed by atoms with Crippen LogP contribution in [0.15, 0.2) is 34.7 Å². The minimum absolute atomic E-state index is 0.127. The van der Waals surface area contributed by atoms with E-state index in [1.54, 1.807) is 11.3 Å². The Kier molecular flexibility index (Phi) is 6.34. The number of anilines is 1. The number of pyridine rings is 1. The van der Waals surface area contributed by atoms with E-state index in [0.717, 1.165) is 33.1 Å². The van der Waals surface area contributed by atoms with Crippen LogP contribution in [0, 0.1) is 27.7 Å². The first-order chi connectivity index (χ1) is 13.8. The fourth-order valence-corrected chi connectivity index (χ4v) is 4.42. The predicted molar refractivity (Wildman–Crippen MR) is 119 cm³/mol. The van der Waals surface area contributed by atoms with Gasteiger partial charge in [-0.2, -0.15) is 0 Å². The molecule has 0 radical (unpaired) electrons. The Bertz CT molecular complexity index is 1080. The number of hydrogen-bond acceptors (Lipinski definition) is 6. The number of nitrogens with zero attached hydrogens (tertiary/aromatic N) is 2. The number of aryl methyl sites for hydroxylation is 2. The van der Waals surface area contributed by atoms with Crippen LogP contribution in [0.1, 0.15) is 32.2 Å². The van der Waals surface area contributed by atoms with E-state index < -0.39 is 5.91 Å². The maximum Gasteiger partial charge on any atom is 0.251 e. The van der Waals surface area contributed by atoms with Gasteiger partial charge in [-0.05, 0) is 51.0 Å². The summed E-state index contributed by atoms with van der Waals surface area (Å²) in [7, 11) is 0. The fraction of sp³-hybridized carbons (Fsp3) is 0.238. The van der Waals surface area contributed by atoms with Crippen molar-refractivity contribution in [2.75, 3.05) is 11.1 Å². The molecular formula is C21H22N4O2S2. The molecule has 0 saturated heterocycles. The highest BCUT2D eigenvalue weighted by Gasteiger charge is 2.18. The molecule has 0 spiro atoms. The van der Waals surface area contributed by atoms with Gasteiger partial charge in [-0.15, -0.1) is 11.3 Å². The van der Waals surface area contributed by atoms with E-state index in [4.69, 9.17) is 5.73 Å². The minimum atomic E-state index is -0.533. The van der Waals surface area contributed by atoms with E-state index in [0.29, 0.717) is 16.3 Å². The molecule has 0 unspecified atom stereocenters. The van der Waals surface area contributed by atoms with E-state index in [-0.39, 0.29) is 11.7 Å². The Morgan fingerprint density at radius 3 is 2.34 bits per heavy atom. The largest absolute Gasteiger partial charge is 0.366 e. The second-order valence-electron chi connectivity index (χ2n) is 6.66. The normalized spacial score (nSPS) is 10.8. The molecule has 2 heterocycles. The summed E-state index contributed by atoms with van der Waals surface area (Å²) in [5.41, 5.74) is 11.1. The first kappa shape index (κ1) is 21.0. The molecule has 150 valence electrons. The lowest BCUT2D eigenvalue weighted by Crippen LogP contribution is -2.18. The van der Waals surface area contributed by atoms with Crippen molar-refractivity contribution in [2.24, 2.45) is 5.73 Å². The Labute approximate surface area is 178 Å². The van der Waals surface area contributed by atoms with Crippen LogP contribution in [0.4, 0.5) is 5.69 Å². The third-order valence-electron chi connectivity index (χ3n) is 4.63. The molecule has 0 aliphatic carbocycles. The Balaban J connectivity index is 1.67. The van der Waals surface area contributed by atoms with E-state index in [1.807, 2.05) is 57.3 Å². The number of hydrogen-bond donors (Lipinski definition) is 2. The van der Waals surface area contributed by atoms with Gasteiger partial charge in [-0.1, -0.05) is 23.9 Å². The molecule has 2 aromatic heterocycles. The van der Waals surface area contributed by atoms with Crippen LogP contribution < -0.4 is 11.1 Å².